The summed E-state index contributed by atoms with van der Waals surface area (Å²) < 4.78 is 0. The highest BCUT2D eigenvalue weighted by Gasteiger charge is 2.21. The zero-order valence-electron chi connectivity index (χ0n) is 13.1. The first-order valence-electron chi connectivity index (χ1n) is 7.09. The molecule has 2 N–H and O–H groups in total. The van der Waals surface area contributed by atoms with Crippen LogP contribution in [0.4, 0.5) is 0 Å². The van der Waals surface area contributed by atoms with Crippen LogP contribution in [0.3, 0.4) is 0 Å². The molecule has 0 amide bonds. The summed E-state index contributed by atoms with van der Waals surface area (Å²) >= 11 is 0. The van der Waals surface area contributed by atoms with Gasteiger partial charge in [0.15, 0.2) is 0 Å². The van der Waals surface area contributed by atoms with Gasteiger partial charge in [0.2, 0.25) is 0 Å². The minimum absolute atomic E-state index is 0.0858. The number of carboxylic acids is 2. The second-order valence-electron chi connectivity index (χ2n) is 5.37. The fourth-order valence-electron chi connectivity index (χ4n) is 2.02. The van der Waals surface area contributed by atoms with E-state index in [1.165, 1.54) is 11.1 Å². The Morgan fingerprint density at radius 1 is 0.739 bits per heavy atom. The van der Waals surface area contributed by atoms with Gasteiger partial charge in [0.05, 0.1) is 0 Å². The lowest BCUT2D eigenvalue weighted by Gasteiger charge is -2.25. The van der Waals surface area contributed by atoms with Crippen molar-refractivity contribution in [1.82, 2.24) is 0 Å². The average molecular weight is 312 g/mol. The molecule has 0 radical (unpaired) electrons. The molecule has 0 unspecified atom stereocenters. The van der Waals surface area contributed by atoms with E-state index in [4.69, 9.17) is 10.2 Å². The van der Waals surface area contributed by atoms with E-state index in [0.29, 0.717) is 12.2 Å². The van der Waals surface area contributed by atoms with Crippen molar-refractivity contribution in [3.05, 3.63) is 83.9 Å². The molecule has 4 nitrogen and oxygen atoms in total. The molecule has 0 aliphatic heterocycles. The highest BCUT2D eigenvalue weighted by atomic mass is 16.4. The summed E-state index contributed by atoms with van der Waals surface area (Å²) in [5.74, 6) is -2.51. The zero-order chi connectivity index (χ0) is 17.3. The molecule has 0 saturated heterocycles. The van der Waals surface area contributed by atoms with Gasteiger partial charge in [0.1, 0.15) is 0 Å². The van der Waals surface area contributed by atoms with Gasteiger partial charge in [0.25, 0.3) is 0 Å². The topological polar surface area (TPSA) is 74.6 Å². The highest BCUT2D eigenvalue weighted by Crippen LogP contribution is 2.30. The molecule has 4 heteroatoms. The van der Waals surface area contributed by atoms with Gasteiger partial charge in [-0.05, 0) is 11.1 Å². The second-order valence-corrected chi connectivity index (χ2v) is 5.37. The lowest BCUT2D eigenvalue weighted by atomic mass is 9.78. The molecule has 0 aliphatic rings. The monoisotopic (exact) mass is 312 g/mol. The van der Waals surface area contributed by atoms with Gasteiger partial charge < -0.3 is 10.2 Å². The quantitative estimate of drug-likeness (QED) is 0.844. The molecule has 2 aromatic carbocycles. The van der Waals surface area contributed by atoms with Crippen LogP contribution in [0.1, 0.15) is 25.0 Å². The smallest absolute Gasteiger partial charge is 0.328 e. The minimum atomic E-state index is -1.26. The predicted octanol–water partition coefficient (Wildman–Crippen LogP) is 3.72. The molecule has 0 atom stereocenters. The summed E-state index contributed by atoms with van der Waals surface area (Å²) in [7, 11) is 0. The Morgan fingerprint density at radius 3 is 1.30 bits per heavy atom. The molecule has 0 saturated carbocycles. The van der Waals surface area contributed by atoms with Crippen LogP contribution < -0.4 is 0 Å². The minimum Gasteiger partial charge on any atom is -0.478 e. The van der Waals surface area contributed by atoms with E-state index in [1.54, 1.807) is 0 Å². The fourth-order valence-corrected chi connectivity index (χ4v) is 2.02. The zero-order valence-corrected chi connectivity index (χ0v) is 13.1. The van der Waals surface area contributed by atoms with Gasteiger partial charge in [-0.1, -0.05) is 74.5 Å². The molecule has 120 valence electrons. The molecular weight excluding hydrogens is 292 g/mol. The third-order valence-corrected chi connectivity index (χ3v) is 3.36. The summed E-state index contributed by atoms with van der Waals surface area (Å²) in [4.78, 5) is 19.1. The van der Waals surface area contributed by atoms with Crippen LogP contribution in [0, 0.1) is 0 Å². The van der Waals surface area contributed by atoms with Gasteiger partial charge in [-0.2, -0.15) is 0 Å². The summed E-state index contributed by atoms with van der Waals surface area (Å²) in [6.45, 7) is 4.52. The number of hydrogen-bond donors (Lipinski definition) is 2. The summed E-state index contributed by atoms with van der Waals surface area (Å²) in [6.07, 6.45) is 1.12. The maximum atomic E-state index is 9.55. The number of aliphatic carboxylic acids is 2. The van der Waals surface area contributed by atoms with Crippen molar-refractivity contribution in [2.75, 3.05) is 0 Å². The predicted molar refractivity (Wildman–Crippen MR) is 89.4 cm³/mol. The molecule has 2 rings (SSSR count). The fraction of sp³-hybridized carbons (Fsp3) is 0.158. The number of hydrogen-bond acceptors (Lipinski definition) is 2. The Labute approximate surface area is 135 Å². The molecule has 0 aliphatic carbocycles. The Hall–Kier alpha value is -2.88. The Morgan fingerprint density at radius 2 is 1.04 bits per heavy atom. The van der Waals surface area contributed by atoms with E-state index in [-0.39, 0.29) is 5.41 Å². The van der Waals surface area contributed by atoms with E-state index in [2.05, 4.69) is 74.5 Å². The van der Waals surface area contributed by atoms with Crippen molar-refractivity contribution in [1.29, 1.82) is 0 Å². The summed E-state index contributed by atoms with van der Waals surface area (Å²) in [5.41, 5.74) is 2.80. The van der Waals surface area contributed by atoms with E-state index in [1.807, 2.05) is 0 Å². The van der Waals surface area contributed by atoms with E-state index < -0.39 is 11.9 Å². The molecule has 0 heterocycles. The van der Waals surface area contributed by atoms with Crippen LogP contribution >= 0.6 is 0 Å². The van der Waals surface area contributed by atoms with Crippen LogP contribution in [0.5, 0.6) is 0 Å². The molecule has 0 fully saturated rings. The van der Waals surface area contributed by atoms with Crippen molar-refractivity contribution >= 4 is 11.9 Å². The van der Waals surface area contributed by atoms with Gasteiger partial charge in [-0.15, -0.1) is 0 Å². The maximum absolute atomic E-state index is 9.55. The summed E-state index contributed by atoms with van der Waals surface area (Å²) in [6, 6.07) is 21.3. The molecule has 0 bridgehead atoms. The third kappa shape index (κ3) is 6.18. The lowest BCUT2D eigenvalue weighted by molar-refractivity contribution is -0.134. The lowest BCUT2D eigenvalue weighted by Crippen LogP contribution is -2.18. The molecular formula is C19H20O4. The van der Waals surface area contributed by atoms with Gasteiger partial charge >= 0.3 is 11.9 Å². The van der Waals surface area contributed by atoms with Gasteiger partial charge in [-0.25, -0.2) is 9.59 Å². The number of rotatable bonds is 4. The first kappa shape index (κ1) is 18.2. The summed E-state index contributed by atoms with van der Waals surface area (Å²) in [5, 5.41) is 15.6. The van der Waals surface area contributed by atoms with Crippen molar-refractivity contribution in [3.8, 4) is 0 Å². The van der Waals surface area contributed by atoms with Gasteiger partial charge in [-0.3, -0.25) is 0 Å². The van der Waals surface area contributed by atoms with Crippen LogP contribution in [0.15, 0.2) is 72.8 Å². The normalized spacial score (nSPS) is 10.7. The van der Waals surface area contributed by atoms with Gasteiger partial charge in [0, 0.05) is 17.6 Å². The second kappa shape index (κ2) is 8.54. The van der Waals surface area contributed by atoms with Crippen molar-refractivity contribution in [3.63, 3.8) is 0 Å². The van der Waals surface area contributed by atoms with Crippen LogP contribution in [-0.4, -0.2) is 22.2 Å². The number of carbonyl (C=O) groups is 2. The van der Waals surface area contributed by atoms with E-state index in [0.717, 1.165) is 0 Å². The Bertz CT molecular complexity index is 601. The Balaban J connectivity index is 0.000000284. The maximum Gasteiger partial charge on any atom is 0.328 e. The van der Waals surface area contributed by atoms with Crippen LogP contribution in [0.2, 0.25) is 0 Å². The standard InChI is InChI=1S/C15H16.C4H4O4/c1-15(2,13-9-5-3-6-10-13)14-11-7-4-8-12-14;5-3(6)1-2-4(7)8/h3-12H,1-2H3;1-2H,(H,5,6)(H,7,8)/b;2-1+. The van der Waals surface area contributed by atoms with Crippen LogP contribution in [-0.2, 0) is 15.0 Å². The highest BCUT2D eigenvalue weighted by molar-refractivity contribution is 5.89. The molecule has 0 aromatic heterocycles. The first-order valence-corrected chi connectivity index (χ1v) is 7.09. The third-order valence-electron chi connectivity index (χ3n) is 3.36. The van der Waals surface area contributed by atoms with E-state index in [9.17, 15) is 9.59 Å². The van der Waals surface area contributed by atoms with Crippen LogP contribution in [0.25, 0.3) is 0 Å². The SMILES string of the molecule is CC(C)(c1ccccc1)c1ccccc1.O=C(O)/C=C/C(=O)O. The van der Waals surface area contributed by atoms with Crippen molar-refractivity contribution in [2.45, 2.75) is 19.3 Å². The largest absolute Gasteiger partial charge is 0.478 e. The first-order chi connectivity index (χ1) is 10.8. The van der Waals surface area contributed by atoms with Crippen molar-refractivity contribution < 1.29 is 19.8 Å². The Kier molecular flexibility index (Phi) is 6.74. The van der Waals surface area contributed by atoms with Crippen molar-refractivity contribution in [2.24, 2.45) is 0 Å². The van der Waals surface area contributed by atoms with E-state index >= 15 is 0 Å². The number of benzene rings is 2. The molecule has 23 heavy (non-hydrogen) atoms. The molecule has 0 spiro atoms. The molecule has 2 aromatic rings. The average Bonchev–Trinajstić information content (AvgIpc) is 2.55. The number of carboxylic acid groups (broad SMARTS) is 2.